The van der Waals surface area contributed by atoms with Crippen LogP contribution in [0.15, 0.2) is 194 Å². The van der Waals surface area contributed by atoms with Gasteiger partial charge >= 0.3 is 0 Å². The summed E-state index contributed by atoms with van der Waals surface area (Å²) in [6, 6.07) is 71.2. The van der Waals surface area contributed by atoms with Crippen molar-refractivity contribution < 1.29 is 0 Å². The van der Waals surface area contributed by atoms with Crippen molar-refractivity contribution in [3.05, 3.63) is 283 Å². The fourth-order valence-corrected chi connectivity index (χ4v) is 13.4. The molecule has 0 heterocycles. The van der Waals surface area contributed by atoms with Crippen LogP contribution in [0.2, 0.25) is 0 Å². The maximum atomic E-state index is 2.36. The molecule has 0 radical (unpaired) electrons. The quantitative estimate of drug-likeness (QED) is 0.142. The molecule has 0 amide bonds. The maximum Gasteiger partial charge on any atom is -0.000718 e. The number of benzene rings is 12. The van der Waals surface area contributed by atoms with Crippen LogP contribution < -0.4 is 0 Å². The highest BCUT2D eigenvalue weighted by molar-refractivity contribution is 6.03. The number of fused-ring (bicyclic) bond motifs is 19. The molecule has 4 aliphatic carbocycles. The van der Waals surface area contributed by atoms with Crippen LogP contribution in [-0.2, 0) is 25.7 Å². The lowest BCUT2D eigenvalue weighted by Crippen LogP contribution is -1.92. The standard InChI is InChI=1S/4C19H16/c1-12-13(2)19-16-9-4-3-7-14(16)11-18(19)17-10-6-5-8-15(12)17;1-12-7-8-16-10-17-9-14-5-3-4-6-15(14)11-18(17)19(16)13(12)2;1-12-7-8-15-11-16-10-9-14-5-3-4-6-17(14)19(16)18(15)13(12)2;1-12-7-8-15-11-18-16-6-4-3-5-14(16)9-10-17(18)19(15)13(12)2/h3-10H,11H2,1-2H3;3-9,11H,10H2,1-2H3;2*3-10H,11H2,1-2H3. The van der Waals surface area contributed by atoms with Gasteiger partial charge in [-0.3, -0.25) is 0 Å². The molecule has 0 spiro atoms. The molecule has 16 rings (SSSR count). The van der Waals surface area contributed by atoms with Crippen LogP contribution in [0.3, 0.4) is 0 Å². The molecule has 0 bridgehead atoms. The maximum absolute atomic E-state index is 2.36. The van der Waals surface area contributed by atoms with E-state index in [4.69, 9.17) is 0 Å². The second-order valence-corrected chi connectivity index (χ2v) is 22.1. The second kappa shape index (κ2) is 18.8. The smallest absolute Gasteiger partial charge is 0.000718 e. The molecule has 0 aromatic heterocycles. The highest BCUT2D eigenvalue weighted by atomic mass is 14.3. The topological polar surface area (TPSA) is 0 Å². The number of hydrogen-bond donors (Lipinski definition) is 0. The summed E-state index contributed by atoms with van der Waals surface area (Å²) in [5, 5.41) is 11.0. The molecule has 12 aromatic rings. The fourth-order valence-electron chi connectivity index (χ4n) is 13.4. The van der Waals surface area contributed by atoms with Crippen LogP contribution in [0.4, 0.5) is 0 Å². The molecule has 0 saturated heterocycles. The average Bonchev–Trinajstić information content (AvgIpc) is 4.31. The fraction of sp³-hybridized carbons (Fsp3) is 0.158. The SMILES string of the molecule is Cc1c2c(c3ccccc3c1C)Cc1ccccc1-2.Cc1ccc2c(c1C)-c1c(ccc3ccccc13)C2.Cc1ccc2c(c1C)-c1cc3ccccc3cc1C2.Cc1ccc2c(c1C)-c1ccc3ccccc3c1C2. The van der Waals surface area contributed by atoms with Gasteiger partial charge in [0.2, 0.25) is 0 Å². The Morgan fingerprint density at radius 2 is 0.684 bits per heavy atom. The van der Waals surface area contributed by atoms with Gasteiger partial charge in [-0.1, -0.05) is 188 Å². The minimum atomic E-state index is 1.08. The molecule has 0 fully saturated rings. The zero-order valence-corrected chi connectivity index (χ0v) is 45.3. The minimum Gasteiger partial charge on any atom is -0.0619 e. The van der Waals surface area contributed by atoms with E-state index >= 15 is 0 Å². The van der Waals surface area contributed by atoms with Crippen LogP contribution in [0.5, 0.6) is 0 Å². The van der Waals surface area contributed by atoms with Crippen LogP contribution in [0.25, 0.3) is 87.6 Å². The van der Waals surface area contributed by atoms with Gasteiger partial charge in [0.1, 0.15) is 0 Å². The Bertz CT molecular complexity index is 4330. The molecular weight excluding hydrogens is 913 g/mol. The first kappa shape index (κ1) is 47.4. The Morgan fingerprint density at radius 1 is 0.224 bits per heavy atom. The third-order valence-corrected chi connectivity index (χ3v) is 18.0. The van der Waals surface area contributed by atoms with Crippen molar-refractivity contribution in [3.63, 3.8) is 0 Å². The van der Waals surface area contributed by atoms with E-state index in [-0.39, 0.29) is 0 Å². The van der Waals surface area contributed by atoms with E-state index in [0.29, 0.717) is 0 Å². The van der Waals surface area contributed by atoms with Gasteiger partial charge in [-0.2, -0.15) is 0 Å². The van der Waals surface area contributed by atoms with Crippen molar-refractivity contribution in [1.29, 1.82) is 0 Å². The summed E-state index contributed by atoms with van der Waals surface area (Å²) in [7, 11) is 0. The van der Waals surface area contributed by atoms with Gasteiger partial charge in [-0.25, -0.2) is 0 Å². The van der Waals surface area contributed by atoms with Gasteiger partial charge in [-0.15, -0.1) is 0 Å². The largest absolute Gasteiger partial charge is 0.0619 e. The van der Waals surface area contributed by atoms with Crippen molar-refractivity contribution in [2.75, 3.05) is 0 Å². The molecule has 0 N–H and O–H groups in total. The summed E-state index contributed by atoms with van der Waals surface area (Å²) < 4.78 is 0. The second-order valence-electron chi connectivity index (χ2n) is 22.1. The molecule has 368 valence electrons. The lowest BCUT2D eigenvalue weighted by atomic mass is 9.90. The molecule has 0 unspecified atom stereocenters. The Balaban J connectivity index is 0.0000000970. The summed E-state index contributed by atoms with van der Waals surface area (Å²) in [6.45, 7) is 17.9. The normalized spacial score (nSPS) is 12.5. The van der Waals surface area contributed by atoms with Gasteiger partial charge in [0, 0.05) is 0 Å². The molecule has 4 aliphatic rings. The Morgan fingerprint density at radius 3 is 1.38 bits per heavy atom. The predicted molar refractivity (Wildman–Crippen MR) is 327 cm³/mol. The molecule has 0 saturated carbocycles. The van der Waals surface area contributed by atoms with E-state index in [1.54, 1.807) is 0 Å². The number of hydrogen-bond acceptors (Lipinski definition) is 0. The van der Waals surface area contributed by atoms with E-state index in [1.807, 2.05) is 0 Å². The zero-order chi connectivity index (χ0) is 51.9. The Labute approximate surface area is 449 Å². The average molecular weight is 977 g/mol. The highest BCUT2D eigenvalue weighted by Gasteiger charge is 2.26. The molecule has 0 heteroatoms. The summed E-state index contributed by atoms with van der Waals surface area (Å²) in [4.78, 5) is 0. The van der Waals surface area contributed by atoms with Crippen LogP contribution in [0.1, 0.15) is 89.0 Å². The van der Waals surface area contributed by atoms with Gasteiger partial charge in [0.25, 0.3) is 0 Å². The summed E-state index contributed by atoms with van der Waals surface area (Å²) in [6.07, 6.45) is 4.31. The van der Waals surface area contributed by atoms with Gasteiger partial charge in [0.05, 0.1) is 0 Å². The highest BCUT2D eigenvalue weighted by Crippen LogP contribution is 2.47. The van der Waals surface area contributed by atoms with Crippen molar-refractivity contribution in [2.45, 2.75) is 81.1 Å². The first-order valence-electron chi connectivity index (χ1n) is 27.4. The van der Waals surface area contributed by atoms with Gasteiger partial charge in [-0.05, 0) is 264 Å². The lowest BCUT2D eigenvalue weighted by Gasteiger charge is -2.14. The third-order valence-electron chi connectivity index (χ3n) is 18.0. The van der Waals surface area contributed by atoms with Crippen LogP contribution in [0, 0.1) is 55.4 Å². The molecule has 76 heavy (non-hydrogen) atoms. The van der Waals surface area contributed by atoms with E-state index < -0.39 is 0 Å². The molecule has 0 aliphatic heterocycles. The van der Waals surface area contributed by atoms with E-state index in [0.717, 1.165) is 25.7 Å². The summed E-state index contributed by atoms with van der Waals surface area (Å²) >= 11 is 0. The third kappa shape index (κ3) is 7.80. The molecular formula is C76H64. The lowest BCUT2D eigenvalue weighted by molar-refractivity contribution is 1.24. The van der Waals surface area contributed by atoms with Crippen molar-refractivity contribution in [2.24, 2.45) is 0 Å². The first-order valence-corrected chi connectivity index (χ1v) is 27.4. The first-order chi connectivity index (χ1) is 37.0. The minimum absolute atomic E-state index is 1.08. The molecule has 12 aromatic carbocycles. The summed E-state index contributed by atoms with van der Waals surface area (Å²) in [5.41, 5.74) is 34.9. The van der Waals surface area contributed by atoms with Crippen LogP contribution >= 0.6 is 0 Å². The van der Waals surface area contributed by atoms with Crippen LogP contribution in [-0.4, -0.2) is 0 Å². The molecule has 0 atom stereocenters. The van der Waals surface area contributed by atoms with Gasteiger partial charge in [0.15, 0.2) is 0 Å². The zero-order valence-electron chi connectivity index (χ0n) is 45.3. The predicted octanol–water partition coefficient (Wildman–Crippen LogP) is 20.1. The van der Waals surface area contributed by atoms with Gasteiger partial charge < -0.3 is 0 Å². The molecule has 0 nitrogen and oxygen atoms in total. The van der Waals surface area contributed by atoms with E-state index in [9.17, 15) is 0 Å². The summed E-state index contributed by atoms with van der Waals surface area (Å²) in [5.74, 6) is 0. The van der Waals surface area contributed by atoms with E-state index in [1.165, 1.54) is 177 Å². The number of rotatable bonds is 0. The Kier molecular flexibility index (Phi) is 11.7. The monoisotopic (exact) mass is 977 g/mol. The van der Waals surface area contributed by atoms with Crippen molar-refractivity contribution >= 4 is 43.1 Å². The Hall–Kier alpha value is -8.32. The van der Waals surface area contributed by atoms with Crippen molar-refractivity contribution in [1.82, 2.24) is 0 Å². The van der Waals surface area contributed by atoms with E-state index in [2.05, 4.69) is 250 Å². The van der Waals surface area contributed by atoms with Crippen molar-refractivity contribution in [3.8, 4) is 44.5 Å². The number of aryl methyl sites for hydroxylation is 4.